The molecule has 1 rings (SSSR count). The Bertz CT molecular complexity index is 345. The fourth-order valence-electron chi connectivity index (χ4n) is 3.06. The van der Waals surface area contributed by atoms with Gasteiger partial charge >= 0.3 is 0 Å². The van der Waals surface area contributed by atoms with Crippen molar-refractivity contribution in [3.05, 3.63) is 16.6 Å². The van der Waals surface area contributed by atoms with Crippen LogP contribution in [0.15, 0.2) is 10.9 Å². The normalized spacial score (nSPS) is 11.2. The first-order valence-electron chi connectivity index (χ1n) is 9.77. The van der Waals surface area contributed by atoms with Crippen LogP contribution in [0.2, 0.25) is 0 Å². The van der Waals surface area contributed by atoms with Gasteiger partial charge in [-0.25, -0.2) is 0 Å². The number of hydrogen-bond donors (Lipinski definition) is 0. The van der Waals surface area contributed by atoms with Crippen LogP contribution in [0.4, 0.5) is 0 Å². The summed E-state index contributed by atoms with van der Waals surface area (Å²) in [7, 11) is 0. The molecule has 0 saturated carbocycles. The molecule has 0 spiro atoms. The van der Waals surface area contributed by atoms with Gasteiger partial charge in [0.05, 0.1) is 5.38 Å². The monoisotopic (exact) mass is 324 g/mol. The summed E-state index contributed by atoms with van der Waals surface area (Å²) in [5.41, 5.74) is 3.66. The number of rotatable bonds is 15. The van der Waals surface area contributed by atoms with Crippen LogP contribution >= 0.6 is 11.3 Å². The van der Waals surface area contributed by atoms with Crippen LogP contribution in [0.1, 0.15) is 103 Å². The minimum Gasteiger partial charge on any atom is -0.193 e. The van der Waals surface area contributed by atoms with Gasteiger partial charge in [0, 0.05) is 13.3 Å². The van der Waals surface area contributed by atoms with Gasteiger partial charge in [0.25, 0.3) is 0 Å². The summed E-state index contributed by atoms with van der Waals surface area (Å²) >= 11 is 1.82. The van der Waals surface area contributed by atoms with Crippen molar-refractivity contribution in [2.75, 3.05) is 0 Å². The van der Waals surface area contributed by atoms with Crippen molar-refractivity contribution in [1.29, 1.82) is 0 Å². The van der Waals surface area contributed by atoms with E-state index in [1.807, 2.05) is 11.3 Å². The maximum Gasteiger partial charge on any atom is 0.224 e. The number of hydrogen-bond acceptors (Lipinski definition) is 1. The zero-order valence-electron chi connectivity index (χ0n) is 15.1. The average molecular weight is 325 g/mol. The number of nitrogens with zero attached hydrogens (tertiary/aromatic N) is 1. The minimum absolute atomic E-state index is 1.22. The Morgan fingerprint density at radius 2 is 1.18 bits per heavy atom. The van der Waals surface area contributed by atoms with E-state index >= 15 is 0 Å². The topological polar surface area (TPSA) is 3.88 Å². The second-order valence-electron chi connectivity index (χ2n) is 6.79. The summed E-state index contributed by atoms with van der Waals surface area (Å²) in [5.74, 6) is 0. The summed E-state index contributed by atoms with van der Waals surface area (Å²) in [6.07, 6.45) is 20.2. The van der Waals surface area contributed by atoms with Crippen molar-refractivity contribution in [2.45, 2.75) is 110 Å². The SMILES string of the molecule is CCCCCCCCCCCCCCCC[n+]1cscc1C. The summed E-state index contributed by atoms with van der Waals surface area (Å²) in [6.45, 7) is 5.72. The second kappa shape index (κ2) is 14.2. The van der Waals surface area contributed by atoms with Gasteiger partial charge in [-0.2, -0.15) is 4.57 Å². The van der Waals surface area contributed by atoms with Crippen LogP contribution < -0.4 is 4.57 Å². The maximum atomic E-state index is 2.39. The molecule has 0 N–H and O–H groups in total. The predicted octanol–water partition coefficient (Wildman–Crippen LogP) is 6.83. The molecule has 128 valence electrons. The van der Waals surface area contributed by atoms with E-state index in [1.165, 1.54) is 102 Å². The Morgan fingerprint density at radius 1 is 0.727 bits per heavy atom. The molecule has 0 aliphatic rings. The molecular formula is C20H38NS+. The zero-order valence-corrected chi connectivity index (χ0v) is 15.9. The fourth-order valence-corrected chi connectivity index (χ4v) is 3.87. The Balaban J connectivity index is 1.74. The van der Waals surface area contributed by atoms with Crippen molar-refractivity contribution < 1.29 is 4.57 Å². The zero-order chi connectivity index (χ0) is 15.9. The molecule has 0 aliphatic heterocycles. The van der Waals surface area contributed by atoms with E-state index in [0.717, 1.165) is 0 Å². The highest BCUT2D eigenvalue weighted by atomic mass is 32.1. The van der Waals surface area contributed by atoms with Gasteiger partial charge in [0.2, 0.25) is 5.51 Å². The summed E-state index contributed by atoms with van der Waals surface area (Å²) in [4.78, 5) is 0. The van der Waals surface area contributed by atoms with E-state index in [1.54, 1.807) is 0 Å². The highest BCUT2D eigenvalue weighted by molar-refractivity contribution is 7.07. The lowest BCUT2D eigenvalue weighted by Gasteiger charge is -2.02. The lowest BCUT2D eigenvalue weighted by atomic mass is 10.0. The predicted molar refractivity (Wildman–Crippen MR) is 99.6 cm³/mol. The standard InChI is InChI=1S/C20H38NS/c1-3-4-5-6-7-8-9-10-11-12-13-14-15-16-17-21-19-22-18-20(21)2/h18-19H,3-17H2,1-2H3/q+1. The highest BCUT2D eigenvalue weighted by Gasteiger charge is 2.05. The fraction of sp³-hybridized carbons (Fsp3) is 0.850. The molecule has 0 radical (unpaired) electrons. The largest absolute Gasteiger partial charge is 0.224 e. The molecule has 0 bridgehead atoms. The van der Waals surface area contributed by atoms with E-state index in [0.29, 0.717) is 0 Å². The first kappa shape index (κ1) is 19.7. The van der Waals surface area contributed by atoms with Gasteiger partial charge in [-0.05, 0) is 6.42 Å². The summed E-state index contributed by atoms with van der Waals surface area (Å²) < 4.78 is 2.39. The van der Waals surface area contributed by atoms with Crippen molar-refractivity contribution in [3.63, 3.8) is 0 Å². The molecule has 2 heteroatoms. The Labute approximate surface area is 143 Å². The lowest BCUT2D eigenvalue weighted by molar-refractivity contribution is -0.698. The molecule has 1 aromatic rings. The number of thiazole rings is 1. The van der Waals surface area contributed by atoms with Crippen molar-refractivity contribution in [3.8, 4) is 0 Å². The number of unbranched alkanes of at least 4 members (excludes halogenated alkanes) is 13. The molecule has 1 heterocycles. The molecule has 0 fully saturated rings. The van der Waals surface area contributed by atoms with Gasteiger partial charge < -0.3 is 0 Å². The average Bonchev–Trinajstić information content (AvgIpc) is 2.93. The molecule has 0 saturated heterocycles. The van der Waals surface area contributed by atoms with Crippen molar-refractivity contribution >= 4 is 11.3 Å². The number of aromatic nitrogens is 1. The molecule has 1 nitrogen and oxygen atoms in total. The lowest BCUT2D eigenvalue weighted by Crippen LogP contribution is -2.33. The molecule has 0 aromatic carbocycles. The van der Waals surface area contributed by atoms with Crippen LogP contribution in [-0.4, -0.2) is 0 Å². The first-order chi connectivity index (χ1) is 10.8. The summed E-state index contributed by atoms with van der Waals surface area (Å²) in [6, 6.07) is 0. The highest BCUT2D eigenvalue weighted by Crippen LogP contribution is 2.13. The van der Waals surface area contributed by atoms with E-state index in [-0.39, 0.29) is 0 Å². The number of aryl methyl sites for hydroxylation is 2. The Hall–Kier alpha value is -0.370. The van der Waals surface area contributed by atoms with Crippen LogP contribution in [-0.2, 0) is 6.54 Å². The summed E-state index contributed by atoms with van der Waals surface area (Å²) in [5, 5.41) is 2.24. The van der Waals surface area contributed by atoms with Gasteiger partial charge in [-0.3, -0.25) is 0 Å². The maximum absolute atomic E-state index is 2.39. The van der Waals surface area contributed by atoms with Crippen molar-refractivity contribution in [2.24, 2.45) is 0 Å². The van der Waals surface area contributed by atoms with Crippen LogP contribution in [0.5, 0.6) is 0 Å². The van der Waals surface area contributed by atoms with Gasteiger partial charge in [0.1, 0.15) is 6.54 Å². The third-order valence-corrected chi connectivity index (χ3v) is 5.49. The first-order valence-corrected chi connectivity index (χ1v) is 10.7. The molecule has 0 aliphatic carbocycles. The van der Waals surface area contributed by atoms with Crippen molar-refractivity contribution in [1.82, 2.24) is 0 Å². The third kappa shape index (κ3) is 10.4. The van der Waals surface area contributed by atoms with E-state index in [9.17, 15) is 0 Å². The Morgan fingerprint density at radius 3 is 1.59 bits per heavy atom. The minimum atomic E-state index is 1.22. The van der Waals surface area contributed by atoms with Crippen LogP contribution in [0.3, 0.4) is 0 Å². The Kier molecular flexibility index (Phi) is 12.7. The van der Waals surface area contributed by atoms with E-state index in [2.05, 4.69) is 29.3 Å². The van der Waals surface area contributed by atoms with Gasteiger partial charge in [-0.15, -0.1) is 0 Å². The van der Waals surface area contributed by atoms with E-state index < -0.39 is 0 Å². The van der Waals surface area contributed by atoms with Crippen LogP contribution in [0, 0.1) is 6.92 Å². The molecular weight excluding hydrogens is 286 g/mol. The molecule has 22 heavy (non-hydrogen) atoms. The smallest absolute Gasteiger partial charge is 0.193 e. The molecule has 0 atom stereocenters. The van der Waals surface area contributed by atoms with Crippen LogP contribution in [0.25, 0.3) is 0 Å². The van der Waals surface area contributed by atoms with Gasteiger partial charge in [-0.1, -0.05) is 95.3 Å². The third-order valence-electron chi connectivity index (χ3n) is 4.63. The van der Waals surface area contributed by atoms with E-state index in [4.69, 9.17) is 0 Å². The second-order valence-corrected chi connectivity index (χ2v) is 7.51. The molecule has 1 aromatic heterocycles. The van der Waals surface area contributed by atoms with Gasteiger partial charge in [0.15, 0.2) is 5.69 Å². The molecule has 0 unspecified atom stereocenters. The quantitative estimate of drug-likeness (QED) is 0.246. The molecule has 0 amide bonds.